The molecular weight excluding hydrogens is 841 g/mol. The maximum absolute atomic E-state index is 13.7. The zero-order valence-corrected chi connectivity index (χ0v) is 39.5. The van der Waals surface area contributed by atoms with Gasteiger partial charge in [0.15, 0.2) is 0 Å². The number of hydrogen-bond donors (Lipinski definition) is 4. The van der Waals surface area contributed by atoms with Gasteiger partial charge in [-0.3, -0.25) is 14.5 Å². The summed E-state index contributed by atoms with van der Waals surface area (Å²) < 4.78 is 6.46. The fourth-order valence-corrected chi connectivity index (χ4v) is 13.2. The number of aryl methyl sites for hydroxylation is 1. The van der Waals surface area contributed by atoms with E-state index in [2.05, 4.69) is 46.8 Å². The normalized spacial score (nSPS) is 20.3. The molecule has 3 aliphatic carbocycles. The van der Waals surface area contributed by atoms with Crippen LogP contribution < -0.4 is 36.3 Å². The molecule has 2 amide bonds. The number of benzene rings is 4. The molecule has 0 spiro atoms. The van der Waals surface area contributed by atoms with Crippen LogP contribution in [0.3, 0.4) is 0 Å². The van der Waals surface area contributed by atoms with Crippen molar-refractivity contribution in [1.29, 1.82) is 5.41 Å². The summed E-state index contributed by atoms with van der Waals surface area (Å²) in [6.45, 7) is 6.65. The molecule has 12 heteroatoms. The van der Waals surface area contributed by atoms with Crippen LogP contribution in [-0.4, -0.2) is 82.8 Å². The van der Waals surface area contributed by atoms with Crippen molar-refractivity contribution < 1.29 is 24.2 Å². The summed E-state index contributed by atoms with van der Waals surface area (Å²) in [5.41, 5.74) is 17.2. The number of carbonyl (C=O) groups excluding carboxylic acids is 3. The molecule has 5 aliphatic rings. The SMILES string of the molecule is Cc1cc(C(=O)NC2CCC(NC(=O)c3ccc(C4=C5C=CC(N(C)C)C=C5Oc5cc(N(C)C)ccc54)c(C(=O)[O-])c3)CC2)ccc1C1=C2C=CC(=N)C=C2[Si](C)(C)c2cc(N)ccc21. The molecule has 1 fully saturated rings. The molecule has 1 saturated carbocycles. The number of likely N-dealkylation sites (N-methyl/N-ethyl adjacent to an activating group) is 1. The van der Waals surface area contributed by atoms with Crippen molar-refractivity contribution in [1.82, 2.24) is 15.5 Å². The highest BCUT2D eigenvalue weighted by Gasteiger charge is 2.40. The molecule has 0 bridgehead atoms. The number of nitrogens with two attached hydrogens (primary N) is 1. The third kappa shape index (κ3) is 8.04. The molecule has 2 heterocycles. The molecule has 0 saturated heterocycles. The van der Waals surface area contributed by atoms with Crippen LogP contribution in [0.15, 0.2) is 131 Å². The Hall–Kier alpha value is -7.02. The minimum atomic E-state index is -2.15. The number of ether oxygens (including phenoxy) is 1. The van der Waals surface area contributed by atoms with Gasteiger partial charge < -0.3 is 41.3 Å². The second-order valence-electron chi connectivity index (χ2n) is 18.9. The van der Waals surface area contributed by atoms with Gasteiger partial charge in [-0.25, -0.2) is 0 Å². The number of carboxylic acids is 1. The van der Waals surface area contributed by atoms with Gasteiger partial charge >= 0.3 is 0 Å². The van der Waals surface area contributed by atoms with E-state index in [1.54, 1.807) is 12.1 Å². The zero-order valence-electron chi connectivity index (χ0n) is 38.5. The molecule has 336 valence electrons. The van der Waals surface area contributed by atoms with E-state index in [4.69, 9.17) is 15.9 Å². The molecule has 4 aromatic rings. The van der Waals surface area contributed by atoms with Crippen molar-refractivity contribution in [2.45, 2.75) is 63.8 Å². The first-order valence-corrected chi connectivity index (χ1v) is 25.5. The van der Waals surface area contributed by atoms with Crippen LogP contribution in [-0.2, 0) is 0 Å². The summed E-state index contributed by atoms with van der Waals surface area (Å²) in [5.74, 6) is -0.652. The van der Waals surface area contributed by atoms with E-state index in [0.717, 1.165) is 50.3 Å². The Bertz CT molecular complexity index is 2960. The number of nitrogens with zero attached hydrogens (tertiary/aromatic N) is 2. The van der Waals surface area contributed by atoms with Crippen molar-refractivity contribution in [3.05, 3.63) is 176 Å². The van der Waals surface area contributed by atoms with Crippen LogP contribution in [0, 0.1) is 12.3 Å². The lowest BCUT2D eigenvalue weighted by molar-refractivity contribution is -0.255. The number of amides is 2. The maximum Gasteiger partial charge on any atom is 0.251 e. The standard InChI is InChI=1S/C54H56N6O5Si/c1-30-24-31(8-18-39(30)50-43-20-10-33(55)26-48(43)66(6,7)49-27-34(56)11-21-44(49)50)52(61)57-35-12-14-36(15-13-35)58-53(62)32-9-19-40(45(25-32)54(63)64)51-41-22-16-37(59(2)3)28-46(41)65-47-29-38(60(4)5)17-23-42(47)51/h8-11,16-29,35-37,55H,12-15,56H2,1-7H3,(H,57,61)(H,58,62)(H,63,64)/p-1. The molecule has 9 rings (SSSR count). The van der Waals surface area contributed by atoms with Gasteiger partial charge in [-0.15, -0.1) is 0 Å². The van der Waals surface area contributed by atoms with E-state index in [0.29, 0.717) is 59.6 Å². The number of nitrogen functional groups attached to an aromatic ring is 1. The topological polar surface area (TPSA) is 164 Å². The third-order valence-electron chi connectivity index (χ3n) is 13.8. The Morgan fingerprint density at radius 3 is 2.02 bits per heavy atom. The van der Waals surface area contributed by atoms with E-state index in [1.807, 2.05) is 113 Å². The van der Waals surface area contributed by atoms with E-state index < -0.39 is 14.0 Å². The number of rotatable bonds is 9. The summed E-state index contributed by atoms with van der Waals surface area (Å²) in [7, 11) is 5.71. The number of fused-ring (bicyclic) bond motifs is 4. The van der Waals surface area contributed by atoms with Crippen molar-refractivity contribution >= 4 is 59.3 Å². The van der Waals surface area contributed by atoms with Crippen LogP contribution in [0.2, 0.25) is 13.1 Å². The lowest BCUT2D eigenvalue weighted by atomic mass is 9.84. The molecule has 4 aromatic carbocycles. The van der Waals surface area contributed by atoms with Crippen LogP contribution in [0.5, 0.6) is 5.75 Å². The molecule has 2 aliphatic heterocycles. The average molecular weight is 896 g/mol. The molecule has 1 atom stereocenters. The molecule has 11 nitrogen and oxygen atoms in total. The molecule has 1 unspecified atom stereocenters. The number of carbonyl (C=O) groups is 3. The predicted molar refractivity (Wildman–Crippen MR) is 264 cm³/mol. The van der Waals surface area contributed by atoms with Crippen LogP contribution in [0.4, 0.5) is 11.4 Å². The van der Waals surface area contributed by atoms with Crippen molar-refractivity contribution in [3.8, 4) is 5.75 Å². The number of allylic oxidation sites excluding steroid dienone is 6. The largest absolute Gasteiger partial charge is 0.545 e. The fourth-order valence-electron chi connectivity index (χ4n) is 10.1. The first-order valence-electron chi connectivity index (χ1n) is 22.5. The lowest BCUT2D eigenvalue weighted by Crippen LogP contribution is -2.49. The highest BCUT2D eigenvalue weighted by molar-refractivity contribution is 6.98. The molecular formula is C54H55N6O5Si-. The Morgan fingerprint density at radius 1 is 0.758 bits per heavy atom. The van der Waals surface area contributed by atoms with Crippen LogP contribution in [0.1, 0.15) is 84.6 Å². The van der Waals surface area contributed by atoms with E-state index in [-0.39, 0.29) is 41.1 Å². The van der Waals surface area contributed by atoms with Crippen molar-refractivity contribution in [2.24, 2.45) is 0 Å². The Balaban J connectivity index is 0.887. The van der Waals surface area contributed by atoms with Gasteiger partial charge in [0, 0.05) is 83.1 Å². The minimum absolute atomic E-state index is 0.0105. The van der Waals surface area contributed by atoms with E-state index in [1.165, 1.54) is 16.4 Å². The number of carboxylic acid groups (broad SMARTS) is 1. The van der Waals surface area contributed by atoms with Crippen molar-refractivity contribution in [3.63, 3.8) is 0 Å². The predicted octanol–water partition coefficient (Wildman–Crippen LogP) is 6.84. The second-order valence-corrected chi connectivity index (χ2v) is 23.3. The monoisotopic (exact) mass is 895 g/mol. The summed E-state index contributed by atoms with van der Waals surface area (Å²) in [4.78, 5) is 44.4. The van der Waals surface area contributed by atoms with Gasteiger partial charge in [0.1, 0.15) is 19.6 Å². The van der Waals surface area contributed by atoms with Gasteiger partial charge in [-0.2, -0.15) is 0 Å². The van der Waals surface area contributed by atoms with E-state index in [9.17, 15) is 19.5 Å². The second kappa shape index (κ2) is 17.1. The summed E-state index contributed by atoms with van der Waals surface area (Å²) in [6, 6.07) is 22.4. The van der Waals surface area contributed by atoms with Crippen molar-refractivity contribution in [2.75, 3.05) is 38.8 Å². The Morgan fingerprint density at radius 2 is 1.38 bits per heavy atom. The maximum atomic E-state index is 13.7. The van der Waals surface area contributed by atoms with Gasteiger partial charge in [0.2, 0.25) is 0 Å². The van der Waals surface area contributed by atoms with E-state index >= 15 is 0 Å². The van der Waals surface area contributed by atoms with Gasteiger partial charge in [-0.1, -0.05) is 49.5 Å². The number of anilines is 2. The van der Waals surface area contributed by atoms with Crippen LogP contribution >= 0.6 is 0 Å². The van der Waals surface area contributed by atoms with Gasteiger partial charge in [0.05, 0.1) is 11.7 Å². The quantitative estimate of drug-likeness (QED) is 0.105. The first kappa shape index (κ1) is 44.2. The average Bonchev–Trinajstić information content (AvgIpc) is 3.29. The summed E-state index contributed by atoms with van der Waals surface area (Å²) in [6.07, 6.45) is 14.6. The number of nitrogens with one attached hydrogen (secondary N) is 3. The first-order chi connectivity index (χ1) is 31.5. The zero-order chi connectivity index (χ0) is 46.8. The molecule has 0 aromatic heterocycles. The molecule has 66 heavy (non-hydrogen) atoms. The van der Waals surface area contributed by atoms with Crippen LogP contribution in [0.25, 0.3) is 11.1 Å². The Kier molecular flexibility index (Phi) is 11.4. The number of hydrogen-bond acceptors (Lipinski definition) is 9. The molecule has 0 radical (unpaired) electrons. The summed E-state index contributed by atoms with van der Waals surface area (Å²) >= 11 is 0. The summed E-state index contributed by atoms with van der Waals surface area (Å²) in [5, 5.41) is 30.1. The molecule has 5 N–H and O–H groups in total. The fraction of sp³-hybridized carbons (Fsp3) is 0.259. The third-order valence-corrected chi connectivity index (χ3v) is 17.3. The Labute approximate surface area is 387 Å². The smallest absolute Gasteiger partial charge is 0.251 e. The highest BCUT2D eigenvalue weighted by atomic mass is 28.3. The minimum Gasteiger partial charge on any atom is -0.545 e. The van der Waals surface area contributed by atoms with Gasteiger partial charge in [0.25, 0.3) is 11.8 Å². The highest BCUT2D eigenvalue weighted by Crippen LogP contribution is 2.46. The lowest BCUT2D eigenvalue weighted by Gasteiger charge is -2.38. The van der Waals surface area contributed by atoms with Gasteiger partial charge in [-0.05, 0) is 157 Å². The number of aromatic carboxylic acids is 1.